The van der Waals surface area contributed by atoms with E-state index in [0.717, 1.165) is 11.4 Å². The quantitative estimate of drug-likeness (QED) is 0.825. The Kier molecular flexibility index (Phi) is 5.98. The maximum atomic E-state index is 12.1. The van der Waals surface area contributed by atoms with E-state index >= 15 is 0 Å². The van der Waals surface area contributed by atoms with Crippen LogP contribution in [0.4, 0.5) is 5.69 Å². The van der Waals surface area contributed by atoms with Crippen LogP contribution in [0.1, 0.15) is 24.8 Å². The molecule has 3 N–H and O–H groups in total. The Hall–Kier alpha value is -2.33. The van der Waals surface area contributed by atoms with Gasteiger partial charge in [0.05, 0.1) is 0 Å². The summed E-state index contributed by atoms with van der Waals surface area (Å²) in [6, 6.07) is 17.4. The largest absolute Gasteiger partial charge is 0.492 e. The molecule has 0 saturated heterocycles. The number of amides is 1. The van der Waals surface area contributed by atoms with E-state index in [9.17, 15) is 4.79 Å². The van der Waals surface area contributed by atoms with Gasteiger partial charge in [-0.2, -0.15) is 0 Å². The van der Waals surface area contributed by atoms with E-state index in [1.807, 2.05) is 54.6 Å². The summed E-state index contributed by atoms with van der Waals surface area (Å²) in [7, 11) is 0. The van der Waals surface area contributed by atoms with Crippen LogP contribution in [-0.2, 0) is 4.79 Å². The summed E-state index contributed by atoms with van der Waals surface area (Å²) < 4.78 is 5.40. The maximum Gasteiger partial charge on any atom is 0.224 e. The molecule has 2 aromatic rings. The molecule has 4 nitrogen and oxygen atoms in total. The zero-order chi connectivity index (χ0) is 15.8. The molecule has 0 aliphatic carbocycles. The summed E-state index contributed by atoms with van der Waals surface area (Å²) in [5.74, 6) is 0.946. The Morgan fingerprint density at radius 3 is 2.45 bits per heavy atom. The molecule has 22 heavy (non-hydrogen) atoms. The third-order valence-electron chi connectivity index (χ3n) is 3.38. The van der Waals surface area contributed by atoms with Gasteiger partial charge in [-0.3, -0.25) is 4.79 Å². The van der Waals surface area contributed by atoms with E-state index in [4.69, 9.17) is 10.5 Å². The second-order valence-electron chi connectivity index (χ2n) is 5.23. The van der Waals surface area contributed by atoms with Crippen molar-refractivity contribution < 1.29 is 9.53 Å². The van der Waals surface area contributed by atoms with Gasteiger partial charge in [0.1, 0.15) is 12.4 Å². The number of benzene rings is 2. The molecule has 0 heterocycles. The first kappa shape index (κ1) is 16.0. The van der Waals surface area contributed by atoms with Gasteiger partial charge in [0.15, 0.2) is 0 Å². The summed E-state index contributed by atoms with van der Waals surface area (Å²) in [6.45, 7) is 3.02. The van der Waals surface area contributed by atoms with Crippen LogP contribution in [-0.4, -0.2) is 19.1 Å². The summed E-state index contributed by atoms with van der Waals surface area (Å²) in [5, 5.41) is 2.91. The topological polar surface area (TPSA) is 64.3 Å². The SMILES string of the molecule is CC(CC(=O)Nc1ccc(OCCN)cc1)c1ccccc1. The molecule has 1 atom stereocenters. The highest BCUT2D eigenvalue weighted by Crippen LogP contribution is 2.20. The average molecular weight is 298 g/mol. The van der Waals surface area contributed by atoms with Crippen molar-refractivity contribution in [2.24, 2.45) is 5.73 Å². The molecule has 2 aromatic carbocycles. The lowest BCUT2D eigenvalue weighted by molar-refractivity contribution is -0.116. The van der Waals surface area contributed by atoms with Crippen LogP contribution >= 0.6 is 0 Å². The van der Waals surface area contributed by atoms with Gasteiger partial charge in [-0.05, 0) is 35.7 Å². The number of nitrogens with two attached hydrogens (primary N) is 1. The van der Waals surface area contributed by atoms with Crippen molar-refractivity contribution in [2.45, 2.75) is 19.3 Å². The number of ether oxygens (including phenoxy) is 1. The summed E-state index contributed by atoms with van der Waals surface area (Å²) in [5.41, 5.74) is 7.32. The number of rotatable bonds is 7. The van der Waals surface area contributed by atoms with Gasteiger partial charge in [0.2, 0.25) is 5.91 Å². The molecule has 116 valence electrons. The molecule has 0 fully saturated rings. The van der Waals surface area contributed by atoms with Crippen molar-refractivity contribution in [1.29, 1.82) is 0 Å². The molecule has 4 heteroatoms. The van der Waals surface area contributed by atoms with Crippen molar-refractivity contribution in [3.63, 3.8) is 0 Å². The number of anilines is 1. The lowest BCUT2D eigenvalue weighted by Gasteiger charge is -2.12. The summed E-state index contributed by atoms with van der Waals surface area (Å²) in [6.07, 6.45) is 0.454. The van der Waals surface area contributed by atoms with Gasteiger partial charge in [-0.25, -0.2) is 0 Å². The third-order valence-corrected chi connectivity index (χ3v) is 3.38. The van der Waals surface area contributed by atoms with Gasteiger partial charge in [0.25, 0.3) is 0 Å². The summed E-state index contributed by atoms with van der Waals surface area (Å²) in [4.78, 5) is 12.1. The fourth-order valence-electron chi connectivity index (χ4n) is 2.20. The van der Waals surface area contributed by atoms with Crippen LogP contribution in [0.2, 0.25) is 0 Å². The highest BCUT2D eigenvalue weighted by Gasteiger charge is 2.11. The van der Waals surface area contributed by atoms with E-state index in [0.29, 0.717) is 19.6 Å². The van der Waals surface area contributed by atoms with E-state index in [2.05, 4.69) is 12.2 Å². The summed E-state index contributed by atoms with van der Waals surface area (Å²) >= 11 is 0. The molecule has 0 radical (unpaired) electrons. The number of hydrogen-bond donors (Lipinski definition) is 2. The third kappa shape index (κ3) is 4.90. The van der Waals surface area contributed by atoms with Crippen LogP contribution in [0.3, 0.4) is 0 Å². The number of nitrogens with one attached hydrogen (secondary N) is 1. The lowest BCUT2D eigenvalue weighted by Crippen LogP contribution is -2.14. The van der Waals surface area contributed by atoms with E-state index in [1.54, 1.807) is 0 Å². The molecule has 0 spiro atoms. The van der Waals surface area contributed by atoms with Crippen LogP contribution in [0, 0.1) is 0 Å². The zero-order valence-electron chi connectivity index (χ0n) is 12.8. The first-order valence-corrected chi connectivity index (χ1v) is 7.47. The minimum absolute atomic E-state index is 0.00646. The molecule has 0 saturated carbocycles. The van der Waals surface area contributed by atoms with Crippen LogP contribution in [0.5, 0.6) is 5.75 Å². The average Bonchev–Trinajstić information content (AvgIpc) is 2.55. The zero-order valence-corrected chi connectivity index (χ0v) is 12.8. The molecule has 2 rings (SSSR count). The Balaban J connectivity index is 1.86. The van der Waals surface area contributed by atoms with Crippen molar-refractivity contribution >= 4 is 11.6 Å². The van der Waals surface area contributed by atoms with Crippen molar-refractivity contribution in [3.05, 3.63) is 60.2 Å². The molecule has 1 amide bonds. The van der Waals surface area contributed by atoms with Crippen LogP contribution in [0.15, 0.2) is 54.6 Å². The Bertz CT molecular complexity index is 582. The first-order valence-electron chi connectivity index (χ1n) is 7.47. The second kappa shape index (κ2) is 8.20. The smallest absolute Gasteiger partial charge is 0.224 e. The van der Waals surface area contributed by atoms with E-state index in [1.165, 1.54) is 5.56 Å². The number of hydrogen-bond acceptors (Lipinski definition) is 3. The maximum absolute atomic E-state index is 12.1. The van der Waals surface area contributed by atoms with Gasteiger partial charge in [-0.1, -0.05) is 37.3 Å². The first-order chi connectivity index (χ1) is 10.7. The Morgan fingerprint density at radius 2 is 1.82 bits per heavy atom. The number of carbonyl (C=O) groups excluding carboxylic acids is 1. The fraction of sp³-hybridized carbons (Fsp3) is 0.278. The molecule has 1 unspecified atom stereocenters. The minimum Gasteiger partial charge on any atom is -0.492 e. The molecule has 0 aromatic heterocycles. The molecule has 0 bridgehead atoms. The van der Waals surface area contributed by atoms with Crippen LogP contribution < -0.4 is 15.8 Å². The predicted molar refractivity (Wildman–Crippen MR) is 89.1 cm³/mol. The molecule has 0 aliphatic heterocycles. The van der Waals surface area contributed by atoms with Crippen molar-refractivity contribution in [1.82, 2.24) is 0 Å². The van der Waals surface area contributed by atoms with E-state index in [-0.39, 0.29) is 11.8 Å². The van der Waals surface area contributed by atoms with Crippen molar-refractivity contribution in [3.8, 4) is 5.75 Å². The molecular weight excluding hydrogens is 276 g/mol. The van der Waals surface area contributed by atoms with E-state index < -0.39 is 0 Å². The predicted octanol–water partition coefficient (Wildman–Crippen LogP) is 3.16. The highest BCUT2D eigenvalue weighted by atomic mass is 16.5. The molecular formula is C18H22N2O2. The Labute approximate surface area is 131 Å². The highest BCUT2D eigenvalue weighted by molar-refractivity contribution is 5.91. The Morgan fingerprint density at radius 1 is 1.14 bits per heavy atom. The normalized spacial score (nSPS) is 11.7. The minimum atomic E-state index is 0.00646. The van der Waals surface area contributed by atoms with Crippen LogP contribution in [0.25, 0.3) is 0 Å². The van der Waals surface area contributed by atoms with Gasteiger partial charge < -0.3 is 15.8 Å². The lowest BCUT2D eigenvalue weighted by atomic mass is 9.97. The monoisotopic (exact) mass is 298 g/mol. The number of carbonyl (C=O) groups is 1. The van der Waals surface area contributed by atoms with Gasteiger partial charge in [0, 0.05) is 18.7 Å². The fourth-order valence-corrected chi connectivity index (χ4v) is 2.20. The van der Waals surface area contributed by atoms with Crippen molar-refractivity contribution in [2.75, 3.05) is 18.5 Å². The standard InChI is InChI=1S/C18H22N2O2/c1-14(15-5-3-2-4-6-15)13-18(21)20-16-7-9-17(10-8-16)22-12-11-19/h2-10,14H,11-13,19H2,1H3,(H,20,21). The molecule has 0 aliphatic rings. The second-order valence-corrected chi connectivity index (χ2v) is 5.23. The van der Waals surface area contributed by atoms with Gasteiger partial charge in [-0.15, -0.1) is 0 Å². The van der Waals surface area contributed by atoms with Gasteiger partial charge >= 0.3 is 0 Å².